The van der Waals surface area contributed by atoms with Gasteiger partial charge >= 0.3 is 17.9 Å². The summed E-state index contributed by atoms with van der Waals surface area (Å²) < 4.78 is 16.8. The van der Waals surface area contributed by atoms with Gasteiger partial charge in [-0.05, 0) is 109 Å². The molecule has 6 heteroatoms. The van der Waals surface area contributed by atoms with Crippen molar-refractivity contribution in [2.24, 2.45) is 0 Å². The zero-order chi connectivity index (χ0) is 47.2. The smallest absolute Gasteiger partial charge is 0.306 e. The van der Waals surface area contributed by atoms with Crippen LogP contribution in [0.3, 0.4) is 0 Å². The van der Waals surface area contributed by atoms with Gasteiger partial charge in [-0.1, -0.05) is 209 Å². The maximum atomic E-state index is 12.8. The topological polar surface area (TPSA) is 78.9 Å². The van der Waals surface area contributed by atoms with Crippen LogP contribution in [-0.2, 0) is 28.6 Å². The molecule has 0 spiro atoms. The molecule has 0 aromatic rings. The molecule has 0 amide bonds. The second-order valence-electron chi connectivity index (χ2n) is 18.1. The Morgan fingerprint density at radius 1 is 0.323 bits per heavy atom. The molecule has 0 aliphatic heterocycles. The van der Waals surface area contributed by atoms with E-state index in [4.69, 9.17) is 14.2 Å². The molecule has 0 aromatic carbocycles. The van der Waals surface area contributed by atoms with Gasteiger partial charge in [0, 0.05) is 19.3 Å². The molecule has 0 aliphatic carbocycles. The van der Waals surface area contributed by atoms with E-state index in [1.165, 1.54) is 141 Å². The summed E-state index contributed by atoms with van der Waals surface area (Å²) in [4.78, 5) is 38.1. The second-order valence-corrected chi connectivity index (χ2v) is 18.1. The lowest BCUT2D eigenvalue weighted by atomic mass is 10.1. The number of allylic oxidation sites excluding steroid dienone is 12. The van der Waals surface area contributed by atoms with Crippen LogP contribution in [0.25, 0.3) is 0 Å². The van der Waals surface area contributed by atoms with Crippen LogP contribution in [0.15, 0.2) is 72.9 Å². The number of esters is 3. The highest BCUT2D eigenvalue weighted by atomic mass is 16.6. The van der Waals surface area contributed by atoms with Gasteiger partial charge in [0.1, 0.15) is 13.2 Å². The Hall–Kier alpha value is -3.15. The highest BCUT2D eigenvalue weighted by molar-refractivity contribution is 5.71. The van der Waals surface area contributed by atoms with Crippen molar-refractivity contribution in [2.75, 3.05) is 13.2 Å². The molecule has 0 aliphatic rings. The Morgan fingerprint density at radius 2 is 0.600 bits per heavy atom. The quantitative estimate of drug-likeness (QED) is 0.0262. The summed E-state index contributed by atoms with van der Waals surface area (Å²) in [5.74, 6) is -0.939. The summed E-state index contributed by atoms with van der Waals surface area (Å²) in [6.07, 6.45) is 67.4. The predicted octanol–water partition coefficient (Wildman–Crippen LogP) is 18.2. The minimum atomic E-state index is -0.796. The lowest BCUT2D eigenvalue weighted by Gasteiger charge is -2.18. The van der Waals surface area contributed by atoms with E-state index in [1.807, 2.05) is 0 Å². The van der Waals surface area contributed by atoms with Gasteiger partial charge in [-0.15, -0.1) is 0 Å². The number of hydrogen-bond donors (Lipinski definition) is 0. The Labute approximate surface area is 402 Å². The van der Waals surface area contributed by atoms with Crippen LogP contribution in [0.5, 0.6) is 0 Å². The third-order valence-corrected chi connectivity index (χ3v) is 11.7. The first-order valence-electron chi connectivity index (χ1n) is 27.4. The summed E-state index contributed by atoms with van der Waals surface area (Å²) in [5.41, 5.74) is 0. The van der Waals surface area contributed by atoms with E-state index in [1.54, 1.807) is 0 Å². The molecule has 0 saturated heterocycles. The average Bonchev–Trinajstić information content (AvgIpc) is 3.30. The van der Waals surface area contributed by atoms with E-state index in [0.717, 1.165) is 83.5 Å². The standard InChI is InChI=1S/C59H102O6/c1-4-7-10-13-16-19-22-25-28-29-32-35-38-41-44-47-50-53-59(62)65-56(54-63-57(60)51-48-45-42-39-36-33-30-26-23-20-17-14-11-8-5-2)55-64-58(61)52-49-46-43-40-37-34-31-27-24-21-18-15-12-9-6-3/h8,11,17,20-21,24-26,28,30,36,39,56H,4-7,9-10,12-16,18-19,22-23,27,29,31-35,37-38,40-55H2,1-3H3/b11-8-,20-17-,24-21-,28-25-,30-26-,39-36-/t56-/m1/s1. The minimum absolute atomic E-state index is 0.0922. The first-order valence-corrected chi connectivity index (χ1v) is 27.4. The molecule has 0 heterocycles. The number of carbonyl (C=O) groups is 3. The monoisotopic (exact) mass is 907 g/mol. The molecule has 0 radical (unpaired) electrons. The van der Waals surface area contributed by atoms with Gasteiger partial charge < -0.3 is 14.2 Å². The SMILES string of the molecule is CC/C=C\C/C=C\C/C=C\C/C=C\CCCCC(=O)OC[C@H](COC(=O)CCCCCCCCC/C=C\CCCCCC)OC(=O)CCCCCCCCC/C=C\CCCCCCCC. The highest BCUT2D eigenvalue weighted by Gasteiger charge is 2.19. The van der Waals surface area contributed by atoms with Crippen LogP contribution in [0.4, 0.5) is 0 Å². The van der Waals surface area contributed by atoms with Gasteiger partial charge in [0.25, 0.3) is 0 Å². The van der Waals surface area contributed by atoms with E-state index in [9.17, 15) is 14.4 Å². The lowest BCUT2D eigenvalue weighted by Crippen LogP contribution is -2.30. The van der Waals surface area contributed by atoms with Crippen LogP contribution in [0.1, 0.15) is 265 Å². The molecule has 0 unspecified atom stereocenters. The normalized spacial score (nSPS) is 12.6. The molecule has 0 fully saturated rings. The van der Waals surface area contributed by atoms with Crippen molar-refractivity contribution >= 4 is 17.9 Å². The zero-order valence-electron chi connectivity index (χ0n) is 42.7. The molecule has 374 valence electrons. The first kappa shape index (κ1) is 61.9. The summed E-state index contributed by atoms with van der Waals surface area (Å²) in [6.45, 7) is 6.48. The maximum Gasteiger partial charge on any atom is 0.306 e. The van der Waals surface area contributed by atoms with Gasteiger partial charge in [-0.25, -0.2) is 0 Å². The Kier molecular flexibility index (Phi) is 50.9. The molecule has 1 atom stereocenters. The largest absolute Gasteiger partial charge is 0.462 e. The van der Waals surface area contributed by atoms with Crippen molar-refractivity contribution < 1.29 is 28.6 Å². The average molecular weight is 907 g/mol. The fourth-order valence-electron chi connectivity index (χ4n) is 7.54. The molecule has 0 aromatic heterocycles. The molecular weight excluding hydrogens is 805 g/mol. The maximum absolute atomic E-state index is 12.8. The second kappa shape index (κ2) is 53.5. The summed E-state index contributed by atoms with van der Waals surface area (Å²) in [5, 5.41) is 0. The van der Waals surface area contributed by atoms with Gasteiger partial charge in [0.05, 0.1) is 0 Å². The van der Waals surface area contributed by atoms with Crippen LogP contribution in [0, 0.1) is 0 Å². The Bertz CT molecular complexity index is 1230. The third kappa shape index (κ3) is 51.7. The van der Waals surface area contributed by atoms with Gasteiger partial charge in [-0.3, -0.25) is 14.4 Å². The van der Waals surface area contributed by atoms with E-state index in [-0.39, 0.29) is 31.1 Å². The third-order valence-electron chi connectivity index (χ3n) is 11.7. The minimum Gasteiger partial charge on any atom is -0.462 e. The lowest BCUT2D eigenvalue weighted by molar-refractivity contribution is -0.167. The van der Waals surface area contributed by atoms with Crippen LogP contribution < -0.4 is 0 Å². The molecule has 0 N–H and O–H groups in total. The zero-order valence-corrected chi connectivity index (χ0v) is 42.7. The number of hydrogen-bond acceptors (Lipinski definition) is 6. The highest BCUT2D eigenvalue weighted by Crippen LogP contribution is 2.14. The Balaban J connectivity index is 4.45. The summed E-state index contributed by atoms with van der Waals surface area (Å²) in [6, 6.07) is 0. The van der Waals surface area contributed by atoms with E-state index < -0.39 is 6.10 Å². The van der Waals surface area contributed by atoms with Crippen molar-refractivity contribution in [3.63, 3.8) is 0 Å². The van der Waals surface area contributed by atoms with Crippen LogP contribution in [-0.4, -0.2) is 37.2 Å². The van der Waals surface area contributed by atoms with Crippen molar-refractivity contribution in [3.8, 4) is 0 Å². The van der Waals surface area contributed by atoms with Crippen molar-refractivity contribution in [1.82, 2.24) is 0 Å². The number of ether oxygens (including phenoxy) is 3. The molecule has 0 saturated carbocycles. The Morgan fingerprint density at radius 3 is 1.00 bits per heavy atom. The molecule has 0 rings (SSSR count). The fraction of sp³-hybridized carbons (Fsp3) is 0.746. The van der Waals surface area contributed by atoms with Crippen molar-refractivity contribution in [1.29, 1.82) is 0 Å². The van der Waals surface area contributed by atoms with E-state index in [0.29, 0.717) is 19.3 Å². The van der Waals surface area contributed by atoms with Gasteiger partial charge in [0.15, 0.2) is 6.10 Å². The number of unbranched alkanes of at least 4 members (excludes halogenated alkanes) is 26. The number of carbonyl (C=O) groups excluding carboxylic acids is 3. The fourth-order valence-corrected chi connectivity index (χ4v) is 7.54. The van der Waals surface area contributed by atoms with E-state index >= 15 is 0 Å². The van der Waals surface area contributed by atoms with Gasteiger partial charge in [0.2, 0.25) is 0 Å². The first-order chi connectivity index (χ1) is 32.0. The molecule has 65 heavy (non-hydrogen) atoms. The van der Waals surface area contributed by atoms with Crippen molar-refractivity contribution in [3.05, 3.63) is 72.9 Å². The van der Waals surface area contributed by atoms with Crippen LogP contribution >= 0.6 is 0 Å². The molecule has 0 bridgehead atoms. The summed E-state index contributed by atoms with van der Waals surface area (Å²) in [7, 11) is 0. The van der Waals surface area contributed by atoms with Crippen molar-refractivity contribution in [2.45, 2.75) is 271 Å². The number of rotatable bonds is 49. The predicted molar refractivity (Wildman–Crippen MR) is 279 cm³/mol. The van der Waals surface area contributed by atoms with E-state index in [2.05, 4.69) is 93.7 Å². The molecule has 6 nitrogen and oxygen atoms in total. The van der Waals surface area contributed by atoms with Crippen LogP contribution in [0.2, 0.25) is 0 Å². The summed E-state index contributed by atoms with van der Waals surface area (Å²) >= 11 is 0. The van der Waals surface area contributed by atoms with Gasteiger partial charge in [-0.2, -0.15) is 0 Å². The molecular formula is C59H102O6.